The van der Waals surface area contributed by atoms with Crippen LogP contribution in [0.4, 0.5) is 0 Å². The van der Waals surface area contributed by atoms with Gasteiger partial charge in [-0.3, -0.25) is 9.59 Å². The highest BCUT2D eigenvalue weighted by molar-refractivity contribution is 7.89. The number of aliphatic carboxylic acids is 1. The Morgan fingerprint density at radius 2 is 1.80 bits per heavy atom. The number of hydrogen-bond acceptors (Lipinski definition) is 5. The summed E-state index contributed by atoms with van der Waals surface area (Å²) < 4.78 is 30.6. The van der Waals surface area contributed by atoms with Crippen molar-refractivity contribution >= 4 is 21.9 Å². The summed E-state index contributed by atoms with van der Waals surface area (Å²) in [5.41, 5.74) is 0. The summed E-state index contributed by atoms with van der Waals surface area (Å²) in [7, 11) is -2.38. The number of sulfonamides is 1. The van der Waals surface area contributed by atoms with Gasteiger partial charge in [-0.15, -0.1) is 0 Å². The molecule has 0 aliphatic rings. The zero-order valence-corrected chi connectivity index (χ0v) is 11.4. The fourth-order valence-electron chi connectivity index (χ4n) is 1.24. The minimum absolute atomic E-state index is 0.0238. The van der Waals surface area contributed by atoms with E-state index in [0.717, 1.165) is 0 Å². The minimum atomic E-state index is -3.83. The zero-order chi connectivity index (χ0) is 15.2. The van der Waals surface area contributed by atoms with E-state index < -0.39 is 35.0 Å². The lowest BCUT2D eigenvalue weighted by atomic mass is 10.3. The Bertz CT molecular complexity index is 581. The lowest BCUT2D eigenvalue weighted by molar-refractivity contribution is -0.137. The topological polar surface area (TPSA) is 122 Å². The number of ether oxygens (including phenoxy) is 1. The van der Waals surface area contributed by atoms with Crippen LogP contribution in [0.15, 0.2) is 29.2 Å². The molecular weight excluding hydrogens is 288 g/mol. The first kappa shape index (κ1) is 15.9. The molecular formula is C11H14N2O6S. The van der Waals surface area contributed by atoms with Crippen LogP contribution in [0.5, 0.6) is 5.75 Å². The van der Waals surface area contributed by atoms with Crippen molar-refractivity contribution in [3.05, 3.63) is 24.3 Å². The second-order valence-corrected chi connectivity index (χ2v) is 5.44. The number of methoxy groups -OCH3 is 1. The van der Waals surface area contributed by atoms with E-state index in [0.29, 0.717) is 5.75 Å². The van der Waals surface area contributed by atoms with E-state index in [1.165, 1.54) is 31.4 Å². The molecule has 0 heterocycles. The molecule has 0 saturated carbocycles. The van der Waals surface area contributed by atoms with Crippen LogP contribution in [0.2, 0.25) is 0 Å². The summed E-state index contributed by atoms with van der Waals surface area (Å²) in [6.07, 6.45) is 0. The van der Waals surface area contributed by atoms with Crippen LogP contribution in [0.3, 0.4) is 0 Å². The number of carbonyl (C=O) groups excluding carboxylic acids is 1. The van der Waals surface area contributed by atoms with Crippen molar-refractivity contribution in [1.29, 1.82) is 0 Å². The van der Waals surface area contributed by atoms with Gasteiger partial charge in [0, 0.05) is 0 Å². The number of nitrogens with one attached hydrogen (secondary N) is 2. The number of carboxylic acid groups (broad SMARTS) is 1. The first-order chi connectivity index (χ1) is 9.35. The van der Waals surface area contributed by atoms with Gasteiger partial charge in [0.2, 0.25) is 15.9 Å². The van der Waals surface area contributed by atoms with Crippen LogP contribution in [0.25, 0.3) is 0 Å². The molecule has 0 spiro atoms. The van der Waals surface area contributed by atoms with Gasteiger partial charge in [-0.2, -0.15) is 0 Å². The van der Waals surface area contributed by atoms with E-state index in [1.54, 1.807) is 0 Å². The second kappa shape index (κ2) is 6.87. The Morgan fingerprint density at radius 3 is 2.30 bits per heavy atom. The highest BCUT2D eigenvalue weighted by Crippen LogP contribution is 2.14. The van der Waals surface area contributed by atoms with Crippen molar-refractivity contribution in [2.75, 3.05) is 20.2 Å². The monoisotopic (exact) mass is 302 g/mol. The summed E-state index contributed by atoms with van der Waals surface area (Å²) in [4.78, 5) is 21.4. The molecule has 0 fully saturated rings. The maximum atomic E-state index is 11.8. The van der Waals surface area contributed by atoms with Gasteiger partial charge in [0.15, 0.2) is 0 Å². The predicted octanol–water partition coefficient (Wildman–Crippen LogP) is -0.826. The number of rotatable bonds is 7. The smallest absolute Gasteiger partial charge is 0.322 e. The largest absolute Gasteiger partial charge is 0.497 e. The molecule has 110 valence electrons. The summed E-state index contributed by atoms with van der Waals surface area (Å²) >= 11 is 0. The first-order valence-electron chi connectivity index (χ1n) is 5.47. The Kier molecular flexibility index (Phi) is 5.47. The summed E-state index contributed by atoms with van der Waals surface area (Å²) in [6.45, 7) is -1.11. The fourth-order valence-corrected chi connectivity index (χ4v) is 2.22. The highest BCUT2D eigenvalue weighted by atomic mass is 32.2. The second-order valence-electron chi connectivity index (χ2n) is 3.67. The number of carbonyl (C=O) groups is 2. The predicted molar refractivity (Wildman–Crippen MR) is 68.8 cm³/mol. The van der Waals surface area contributed by atoms with E-state index in [2.05, 4.69) is 4.72 Å². The van der Waals surface area contributed by atoms with E-state index in [9.17, 15) is 18.0 Å². The van der Waals surface area contributed by atoms with Crippen molar-refractivity contribution in [3.63, 3.8) is 0 Å². The van der Waals surface area contributed by atoms with Gasteiger partial charge >= 0.3 is 5.97 Å². The molecule has 9 heteroatoms. The molecule has 1 rings (SSSR count). The van der Waals surface area contributed by atoms with Gasteiger partial charge in [0.25, 0.3) is 0 Å². The van der Waals surface area contributed by atoms with Gasteiger partial charge in [0.1, 0.15) is 12.3 Å². The van der Waals surface area contributed by atoms with Crippen molar-refractivity contribution in [2.24, 2.45) is 0 Å². The summed E-state index contributed by atoms with van der Waals surface area (Å²) in [6, 6.07) is 5.60. The van der Waals surface area contributed by atoms with Gasteiger partial charge < -0.3 is 15.2 Å². The van der Waals surface area contributed by atoms with Crippen molar-refractivity contribution in [3.8, 4) is 5.75 Å². The maximum Gasteiger partial charge on any atom is 0.322 e. The number of carboxylic acids is 1. The Labute approximate surface area is 115 Å². The van der Waals surface area contributed by atoms with Crippen LogP contribution < -0.4 is 14.8 Å². The quantitative estimate of drug-likeness (QED) is 0.604. The molecule has 0 aromatic heterocycles. The third-order valence-corrected chi connectivity index (χ3v) is 3.65. The van der Waals surface area contributed by atoms with Crippen LogP contribution in [0.1, 0.15) is 0 Å². The SMILES string of the molecule is COc1ccc(S(=O)(=O)NCC(=O)NCC(=O)O)cc1. The van der Waals surface area contributed by atoms with Crippen LogP contribution >= 0.6 is 0 Å². The standard InChI is InChI=1S/C11H14N2O6S/c1-19-8-2-4-9(5-3-8)20(17,18)13-6-10(14)12-7-11(15)16/h2-5,13H,6-7H2,1H3,(H,12,14)(H,15,16). The molecule has 3 N–H and O–H groups in total. The molecule has 0 aliphatic carbocycles. The van der Waals surface area contributed by atoms with Crippen molar-refractivity contribution in [2.45, 2.75) is 4.90 Å². The molecule has 1 aromatic rings. The summed E-state index contributed by atoms with van der Waals surface area (Å²) in [5, 5.41) is 10.4. The molecule has 1 amide bonds. The third kappa shape index (κ3) is 4.86. The first-order valence-corrected chi connectivity index (χ1v) is 6.95. The Balaban J connectivity index is 2.60. The maximum absolute atomic E-state index is 11.8. The van der Waals surface area contributed by atoms with Crippen LogP contribution in [-0.2, 0) is 19.6 Å². The molecule has 0 bridgehead atoms. The Hall–Kier alpha value is -2.13. The summed E-state index contributed by atoms with van der Waals surface area (Å²) in [5.74, 6) is -1.44. The van der Waals surface area contributed by atoms with Gasteiger partial charge in [0.05, 0.1) is 18.6 Å². The number of benzene rings is 1. The minimum Gasteiger partial charge on any atom is -0.497 e. The normalized spacial score (nSPS) is 10.8. The van der Waals surface area contributed by atoms with Gasteiger partial charge in [-0.1, -0.05) is 0 Å². The number of hydrogen-bond donors (Lipinski definition) is 3. The zero-order valence-electron chi connectivity index (χ0n) is 10.6. The fraction of sp³-hybridized carbons (Fsp3) is 0.273. The molecule has 0 atom stereocenters. The molecule has 1 aromatic carbocycles. The van der Waals surface area contributed by atoms with Crippen molar-refractivity contribution < 1.29 is 27.9 Å². The lowest BCUT2D eigenvalue weighted by Gasteiger charge is -2.07. The Morgan fingerprint density at radius 1 is 1.20 bits per heavy atom. The highest BCUT2D eigenvalue weighted by Gasteiger charge is 2.15. The molecule has 0 unspecified atom stereocenters. The van der Waals surface area contributed by atoms with Crippen molar-refractivity contribution in [1.82, 2.24) is 10.0 Å². The molecule has 0 radical (unpaired) electrons. The van der Waals surface area contributed by atoms with Crippen LogP contribution in [-0.4, -0.2) is 45.6 Å². The third-order valence-electron chi connectivity index (χ3n) is 2.23. The van der Waals surface area contributed by atoms with E-state index >= 15 is 0 Å². The molecule has 0 saturated heterocycles. The molecule has 20 heavy (non-hydrogen) atoms. The van der Waals surface area contributed by atoms with Gasteiger partial charge in [-0.25, -0.2) is 13.1 Å². The van der Waals surface area contributed by atoms with E-state index in [-0.39, 0.29) is 4.90 Å². The molecule has 0 aliphatic heterocycles. The van der Waals surface area contributed by atoms with Gasteiger partial charge in [-0.05, 0) is 24.3 Å². The average molecular weight is 302 g/mol. The lowest BCUT2D eigenvalue weighted by Crippen LogP contribution is -2.38. The van der Waals surface area contributed by atoms with E-state index in [1.807, 2.05) is 5.32 Å². The average Bonchev–Trinajstić information content (AvgIpc) is 2.43. The van der Waals surface area contributed by atoms with E-state index in [4.69, 9.17) is 9.84 Å². The van der Waals surface area contributed by atoms with Crippen LogP contribution in [0, 0.1) is 0 Å². The number of amides is 1. The molecule has 8 nitrogen and oxygen atoms in total.